The number of halogens is 2. The largest absolute Gasteiger partial charge is 0.307 e. The number of rotatable bonds is 5. The van der Waals surface area contributed by atoms with Crippen molar-refractivity contribution in [1.29, 1.82) is 5.26 Å². The second kappa shape index (κ2) is 10.1. The Morgan fingerprint density at radius 3 is 2.42 bits per heavy atom. The minimum absolute atomic E-state index is 0.00327. The summed E-state index contributed by atoms with van der Waals surface area (Å²) in [6.07, 6.45) is 11.4. The molecule has 1 saturated carbocycles. The van der Waals surface area contributed by atoms with E-state index < -0.39 is 0 Å². The summed E-state index contributed by atoms with van der Waals surface area (Å²) >= 11 is 13.3. The molecule has 4 rings (SSSR count). The van der Waals surface area contributed by atoms with Gasteiger partial charge >= 0.3 is 0 Å². The minimum atomic E-state index is -0.0737. The molecule has 2 aliphatic rings. The molecule has 172 valence electrons. The van der Waals surface area contributed by atoms with Crippen molar-refractivity contribution in [2.24, 2.45) is 12.0 Å². The molecule has 1 aliphatic carbocycles. The lowest BCUT2D eigenvalue weighted by molar-refractivity contribution is -0.117. The number of nitriles is 1. The number of allylic oxidation sites excluding steroid dienone is 1. The van der Waals surface area contributed by atoms with Crippen LogP contribution < -0.4 is 10.2 Å². The molecule has 0 spiro atoms. The number of dihydropyridines is 1. The Morgan fingerprint density at radius 2 is 1.91 bits per heavy atom. The predicted octanol–water partition coefficient (Wildman–Crippen LogP) is 4.90. The van der Waals surface area contributed by atoms with Crippen LogP contribution in [0.3, 0.4) is 0 Å². The van der Waals surface area contributed by atoms with E-state index in [2.05, 4.69) is 21.5 Å². The van der Waals surface area contributed by atoms with E-state index in [4.69, 9.17) is 28.5 Å². The van der Waals surface area contributed by atoms with Crippen molar-refractivity contribution in [3.8, 4) is 17.2 Å². The quantitative estimate of drug-likeness (QED) is 0.653. The zero-order chi connectivity index (χ0) is 23.5. The van der Waals surface area contributed by atoms with Gasteiger partial charge in [0.05, 0.1) is 27.5 Å². The Balaban J connectivity index is 1.46. The third-order valence-electron chi connectivity index (χ3n) is 6.21. The van der Waals surface area contributed by atoms with Crippen molar-refractivity contribution in [1.82, 2.24) is 15.1 Å². The van der Waals surface area contributed by atoms with Crippen LogP contribution in [-0.4, -0.2) is 40.2 Å². The number of aliphatic imine (C=N–C) groups is 1. The molecule has 0 bridgehead atoms. The van der Waals surface area contributed by atoms with E-state index in [1.54, 1.807) is 28.9 Å². The van der Waals surface area contributed by atoms with Crippen LogP contribution in [0.5, 0.6) is 0 Å². The molecule has 1 atom stereocenters. The summed E-state index contributed by atoms with van der Waals surface area (Å²) in [6.45, 7) is 1.56. The maximum absolute atomic E-state index is 12.7. The number of amides is 1. The molecule has 1 unspecified atom stereocenters. The third kappa shape index (κ3) is 5.30. The van der Waals surface area contributed by atoms with E-state index in [0.717, 1.165) is 36.8 Å². The molecule has 2 aromatic rings. The lowest BCUT2D eigenvalue weighted by Gasteiger charge is -2.38. The van der Waals surface area contributed by atoms with E-state index >= 15 is 0 Å². The number of nitrogens with one attached hydrogen (secondary N) is 1. The van der Waals surface area contributed by atoms with Crippen molar-refractivity contribution in [2.45, 2.75) is 57.3 Å². The molecule has 1 aliphatic heterocycles. The third-order valence-corrected chi connectivity index (χ3v) is 6.79. The van der Waals surface area contributed by atoms with Crippen molar-refractivity contribution >= 4 is 41.0 Å². The van der Waals surface area contributed by atoms with Crippen LogP contribution in [0.1, 0.15) is 39.0 Å². The number of hydrogen-bond acceptors (Lipinski definition) is 5. The summed E-state index contributed by atoms with van der Waals surface area (Å²) < 4.78 is 1.72. The standard InChI is InChI=1S/C24H26Cl2N6O/c1-15(33)32(24-21(25)9-17(10-22(24)26)18-13-29-31(2)14-18)20-6-4-19(5-7-20)30-23-8-3-16(11-27)12-28-23/h3,9-10,12-14,19-20,23,30H,4-8H2,1-2H3. The maximum Gasteiger partial charge on any atom is 0.224 e. The van der Waals surface area contributed by atoms with Gasteiger partial charge in [-0.2, -0.15) is 10.4 Å². The Bertz CT molecular complexity index is 1120. The Labute approximate surface area is 203 Å². The van der Waals surface area contributed by atoms with Crippen LogP contribution in [0.2, 0.25) is 10.0 Å². The second-order valence-electron chi connectivity index (χ2n) is 8.55. The topological polar surface area (TPSA) is 86.3 Å². The van der Waals surface area contributed by atoms with Crippen molar-refractivity contribution in [3.63, 3.8) is 0 Å². The number of nitrogens with zero attached hydrogens (tertiary/aromatic N) is 5. The molecule has 9 heteroatoms. The van der Waals surface area contributed by atoms with Crippen molar-refractivity contribution < 1.29 is 4.79 Å². The van der Waals surface area contributed by atoms with Crippen LogP contribution in [0.25, 0.3) is 11.1 Å². The number of aryl methyl sites for hydroxylation is 1. The van der Waals surface area contributed by atoms with E-state index in [1.165, 1.54) is 0 Å². The normalized spacial score (nSPS) is 22.5. The van der Waals surface area contributed by atoms with Crippen molar-refractivity contribution in [3.05, 3.63) is 46.2 Å². The van der Waals surface area contributed by atoms with Gasteiger partial charge in [-0.15, -0.1) is 0 Å². The summed E-state index contributed by atoms with van der Waals surface area (Å²) in [5.41, 5.74) is 2.95. The molecule has 1 amide bonds. The first-order chi connectivity index (χ1) is 15.9. The average molecular weight is 485 g/mol. The molecule has 1 N–H and O–H groups in total. The van der Waals surface area contributed by atoms with Gasteiger partial charge in [-0.05, 0) is 43.4 Å². The van der Waals surface area contributed by atoms with Gasteiger partial charge in [0.25, 0.3) is 0 Å². The average Bonchev–Trinajstić information content (AvgIpc) is 3.23. The highest BCUT2D eigenvalue weighted by atomic mass is 35.5. The van der Waals surface area contributed by atoms with Crippen LogP contribution >= 0.6 is 23.2 Å². The molecule has 0 saturated heterocycles. The maximum atomic E-state index is 12.7. The molecule has 1 aromatic heterocycles. The lowest BCUT2D eigenvalue weighted by Crippen LogP contribution is -2.46. The molecule has 0 radical (unpaired) electrons. The van der Waals surface area contributed by atoms with Crippen LogP contribution in [0.15, 0.2) is 41.2 Å². The molecular formula is C24H26Cl2N6O. The highest BCUT2D eigenvalue weighted by molar-refractivity contribution is 6.40. The van der Waals surface area contributed by atoms with Gasteiger partial charge in [-0.3, -0.25) is 19.8 Å². The zero-order valence-electron chi connectivity index (χ0n) is 18.6. The fourth-order valence-electron chi connectivity index (χ4n) is 4.61. The first-order valence-corrected chi connectivity index (χ1v) is 11.8. The summed E-state index contributed by atoms with van der Waals surface area (Å²) in [5.74, 6) is -0.0737. The van der Waals surface area contributed by atoms with E-state index in [9.17, 15) is 4.79 Å². The fraction of sp³-hybridized carbons (Fsp3) is 0.417. The zero-order valence-corrected chi connectivity index (χ0v) is 20.1. The monoisotopic (exact) mass is 484 g/mol. The first kappa shape index (κ1) is 23.5. The van der Waals surface area contributed by atoms with E-state index in [-0.39, 0.29) is 18.1 Å². The second-order valence-corrected chi connectivity index (χ2v) is 9.37. The number of anilines is 1. The van der Waals surface area contributed by atoms with Crippen molar-refractivity contribution in [2.75, 3.05) is 4.90 Å². The van der Waals surface area contributed by atoms with Crippen LogP contribution in [0.4, 0.5) is 5.69 Å². The van der Waals surface area contributed by atoms with Gasteiger partial charge in [0.2, 0.25) is 5.91 Å². The SMILES string of the molecule is CC(=O)N(c1c(Cl)cc(-c2cnn(C)c2)cc1Cl)C1CCC(NC2CC=C(C#N)C=N2)CC1. The lowest BCUT2D eigenvalue weighted by atomic mass is 9.89. The summed E-state index contributed by atoms with van der Waals surface area (Å²) in [7, 11) is 1.85. The van der Waals surface area contributed by atoms with Gasteiger partial charge < -0.3 is 4.90 Å². The summed E-state index contributed by atoms with van der Waals surface area (Å²) in [4.78, 5) is 18.9. The Hall–Kier alpha value is -2.66. The van der Waals surface area contributed by atoms with Gasteiger partial charge in [0, 0.05) is 50.5 Å². The first-order valence-electron chi connectivity index (χ1n) is 11.0. The molecule has 1 aromatic carbocycles. The van der Waals surface area contributed by atoms with Crippen LogP contribution in [-0.2, 0) is 11.8 Å². The number of benzene rings is 1. The smallest absolute Gasteiger partial charge is 0.224 e. The molecule has 2 heterocycles. The van der Waals surface area contributed by atoms with E-state index in [0.29, 0.717) is 33.8 Å². The van der Waals surface area contributed by atoms with Crippen LogP contribution in [0, 0.1) is 11.3 Å². The summed E-state index contributed by atoms with van der Waals surface area (Å²) in [6, 6.07) is 6.14. The number of aromatic nitrogens is 2. The number of carbonyl (C=O) groups excluding carboxylic acids is 1. The molecular weight excluding hydrogens is 459 g/mol. The Kier molecular flexibility index (Phi) is 7.18. The molecule has 33 heavy (non-hydrogen) atoms. The Morgan fingerprint density at radius 1 is 1.21 bits per heavy atom. The summed E-state index contributed by atoms with van der Waals surface area (Å²) in [5, 5.41) is 17.6. The molecule has 1 fully saturated rings. The molecule has 7 nitrogen and oxygen atoms in total. The highest BCUT2D eigenvalue weighted by Gasteiger charge is 2.31. The number of carbonyl (C=O) groups is 1. The fourth-order valence-corrected chi connectivity index (χ4v) is 5.28. The van der Waals surface area contributed by atoms with Gasteiger partial charge in [0.15, 0.2) is 0 Å². The highest BCUT2D eigenvalue weighted by Crippen LogP contribution is 2.41. The van der Waals surface area contributed by atoms with Gasteiger partial charge in [-0.1, -0.05) is 29.3 Å². The predicted molar refractivity (Wildman–Crippen MR) is 132 cm³/mol. The van der Waals surface area contributed by atoms with Gasteiger partial charge in [-0.25, -0.2) is 0 Å². The van der Waals surface area contributed by atoms with E-state index in [1.807, 2.05) is 31.5 Å². The minimum Gasteiger partial charge on any atom is -0.307 e. The number of hydrogen-bond donors (Lipinski definition) is 1. The van der Waals surface area contributed by atoms with Gasteiger partial charge in [0.1, 0.15) is 12.2 Å².